The molecule has 1 aliphatic rings. The molecule has 0 amide bonds. The Hall–Kier alpha value is -6.06. The van der Waals surface area contributed by atoms with E-state index >= 15 is 0 Å². The Morgan fingerprint density at radius 2 is 1.05 bits per heavy atom. The number of anilines is 3. The highest BCUT2D eigenvalue weighted by Crippen LogP contribution is 2.57. The van der Waals surface area contributed by atoms with Crippen LogP contribution in [0.3, 0.4) is 0 Å². The van der Waals surface area contributed by atoms with Crippen molar-refractivity contribution in [2.24, 2.45) is 0 Å². The Balaban J connectivity index is 1.38. The Kier molecular flexibility index (Phi) is 7.36. The Morgan fingerprint density at radius 1 is 0.482 bits per heavy atom. The lowest BCUT2D eigenvalue weighted by molar-refractivity contribution is 0.559. The summed E-state index contributed by atoms with van der Waals surface area (Å²) in [6.45, 7) is 18.5. The average Bonchev–Trinajstić information content (AvgIpc) is 3.83. The molecule has 0 aliphatic heterocycles. The predicted molar refractivity (Wildman–Crippen MR) is 236 cm³/mol. The lowest BCUT2D eigenvalue weighted by Crippen LogP contribution is -2.21. The van der Waals surface area contributed by atoms with Gasteiger partial charge in [-0.2, -0.15) is 0 Å². The molecule has 3 nitrogen and oxygen atoms in total. The van der Waals surface area contributed by atoms with Crippen molar-refractivity contribution < 1.29 is 8.83 Å². The van der Waals surface area contributed by atoms with Crippen molar-refractivity contribution in [3.8, 4) is 22.3 Å². The van der Waals surface area contributed by atoms with Gasteiger partial charge in [-0.15, -0.1) is 0 Å². The zero-order chi connectivity index (χ0) is 38.7. The van der Waals surface area contributed by atoms with Crippen LogP contribution in [0.1, 0.15) is 77.6 Å². The van der Waals surface area contributed by atoms with Crippen LogP contribution in [-0.2, 0) is 16.2 Å². The summed E-state index contributed by atoms with van der Waals surface area (Å²) >= 11 is 0. The number of benzene rings is 7. The molecule has 2 aromatic heterocycles. The van der Waals surface area contributed by atoms with Crippen LogP contribution in [-0.4, -0.2) is 0 Å². The molecule has 0 saturated carbocycles. The quantitative estimate of drug-likeness (QED) is 0.181. The van der Waals surface area contributed by atoms with E-state index in [9.17, 15) is 0 Å². The summed E-state index contributed by atoms with van der Waals surface area (Å²) in [5.74, 6) is 0. The van der Waals surface area contributed by atoms with Crippen LogP contribution in [0.5, 0.6) is 0 Å². The van der Waals surface area contributed by atoms with Gasteiger partial charge in [0.1, 0.15) is 22.3 Å². The molecule has 0 N–H and O–H groups in total. The smallest absolute Gasteiger partial charge is 0.139 e. The normalized spacial score (nSPS) is 13.9. The summed E-state index contributed by atoms with van der Waals surface area (Å²) < 4.78 is 13.8. The fraction of sp³-hybridized carbons (Fsp3) is 0.208. The van der Waals surface area contributed by atoms with E-state index in [1.807, 2.05) is 0 Å². The second kappa shape index (κ2) is 12.0. The van der Waals surface area contributed by atoms with Gasteiger partial charge in [0.05, 0.1) is 27.8 Å². The summed E-state index contributed by atoms with van der Waals surface area (Å²) in [7, 11) is 0. The number of furan rings is 2. The van der Waals surface area contributed by atoms with Gasteiger partial charge in [0.25, 0.3) is 0 Å². The maximum Gasteiger partial charge on any atom is 0.139 e. The second-order valence-corrected chi connectivity index (χ2v) is 18.2. The molecule has 1 aliphatic carbocycles. The molecule has 0 fully saturated rings. The average molecular weight is 730 g/mol. The minimum absolute atomic E-state index is 0.0579. The summed E-state index contributed by atoms with van der Waals surface area (Å²) in [5.41, 5.74) is 16.5. The van der Waals surface area contributed by atoms with Crippen molar-refractivity contribution in [2.45, 2.75) is 71.6 Å². The molecule has 10 rings (SSSR count). The van der Waals surface area contributed by atoms with E-state index < -0.39 is 0 Å². The first kappa shape index (κ1) is 34.4. The van der Waals surface area contributed by atoms with Crippen LogP contribution < -0.4 is 4.90 Å². The van der Waals surface area contributed by atoms with E-state index in [0.717, 1.165) is 72.1 Å². The summed E-state index contributed by atoms with van der Waals surface area (Å²) in [5, 5.41) is 4.45. The van der Waals surface area contributed by atoms with Crippen molar-refractivity contribution in [1.82, 2.24) is 0 Å². The van der Waals surface area contributed by atoms with Gasteiger partial charge in [-0.05, 0) is 92.2 Å². The molecule has 276 valence electrons. The van der Waals surface area contributed by atoms with E-state index in [1.165, 1.54) is 33.4 Å². The first-order valence-corrected chi connectivity index (χ1v) is 19.9. The Morgan fingerprint density at radius 3 is 1.77 bits per heavy atom. The van der Waals surface area contributed by atoms with Crippen LogP contribution >= 0.6 is 0 Å². The third kappa shape index (κ3) is 5.03. The number of nitrogens with zero attached hydrogens (tertiary/aromatic N) is 1. The fourth-order valence-electron chi connectivity index (χ4n) is 9.37. The van der Waals surface area contributed by atoms with Crippen molar-refractivity contribution in [1.29, 1.82) is 0 Å². The molecule has 0 radical (unpaired) electrons. The summed E-state index contributed by atoms with van der Waals surface area (Å²) in [6.07, 6.45) is 0. The van der Waals surface area contributed by atoms with Crippen molar-refractivity contribution in [3.05, 3.63) is 162 Å². The molecule has 2 heterocycles. The SMILES string of the molecule is CC(C)(C)c1cc(C(C)(C)C)c2oc3cccc(N(c4cccc5c4C(C)(C)c4ccccc4-5)c4cccc5oc6cccc(-c7ccccc7)c6c45)c3c2c1. The summed E-state index contributed by atoms with van der Waals surface area (Å²) in [6, 6.07) is 50.7. The highest BCUT2D eigenvalue weighted by molar-refractivity contribution is 6.21. The molecule has 0 spiro atoms. The maximum atomic E-state index is 7.00. The first-order chi connectivity index (χ1) is 26.8. The molecule has 7 aromatic carbocycles. The van der Waals surface area contributed by atoms with Crippen molar-refractivity contribution in [2.75, 3.05) is 4.90 Å². The minimum atomic E-state index is -0.256. The van der Waals surface area contributed by atoms with Gasteiger partial charge < -0.3 is 13.7 Å². The maximum absolute atomic E-state index is 7.00. The van der Waals surface area contributed by atoms with Gasteiger partial charge in [-0.1, -0.05) is 152 Å². The minimum Gasteiger partial charge on any atom is -0.456 e. The van der Waals surface area contributed by atoms with Crippen molar-refractivity contribution >= 4 is 60.9 Å². The van der Waals surface area contributed by atoms with E-state index in [-0.39, 0.29) is 16.2 Å². The van der Waals surface area contributed by atoms with E-state index in [1.54, 1.807) is 0 Å². The topological polar surface area (TPSA) is 29.5 Å². The molecule has 0 atom stereocenters. The third-order valence-electron chi connectivity index (χ3n) is 12.1. The molecule has 9 aromatic rings. The molecule has 0 bridgehead atoms. The zero-order valence-corrected chi connectivity index (χ0v) is 33.5. The van der Waals surface area contributed by atoms with Crippen LogP contribution in [0, 0.1) is 0 Å². The monoisotopic (exact) mass is 729 g/mol. The Labute approximate surface area is 329 Å². The van der Waals surface area contributed by atoms with E-state index in [2.05, 4.69) is 200 Å². The van der Waals surface area contributed by atoms with Crippen LogP contribution in [0.2, 0.25) is 0 Å². The van der Waals surface area contributed by atoms with Crippen LogP contribution in [0.4, 0.5) is 17.1 Å². The van der Waals surface area contributed by atoms with Crippen molar-refractivity contribution in [3.63, 3.8) is 0 Å². The van der Waals surface area contributed by atoms with E-state index in [4.69, 9.17) is 8.83 Å². The fourth-order valence-corrected chi connectivity index (χ4v) is 9.37. The molecule has 0 unspecified atom stereocenters. The molecule has 3 heteroatoms. The third-order valence-corrected chi connectivity index (χ3v) is 12.1. The number of hydrogen-bond acceptors (Lipinski definition) is 3. The number of hydrogen-bond donors (Lipinski definition) is 0. The lowest BCUT2D eigenvalue weighted by Gasteiger charge is -2.33. The molecular weight excluding hydrogens is 683 g/mol. The molecular formula is C53H47NO2. The van der Waals surface area contributed by atoms with Crippen LogP contribution in [0.25, 0.3) is 66.1 Å². The van der Waals surface area contributed by atoms with Gasteiger partial charge in [0.2, 0.25) is 0 Å². The molecule has 0 saturated heterocycles. The number of fused-ring (bicyclic) bond motifs is 9. The largest absolute Gasteiger partial charge is 0.456 e. The van der Waals surface area contributed by atoms with Gasteiger partial charge in [-0.3, -0.25) is 0 Å². The Bertz CT molecular complexity index is 3020. The van der Waals surface area contributed by atoms with Gasteiger partial charge in [-0.25, -0.2) is 0 Å². The second-order valence-electron chi connectivity index (χ2n) is 18.2. The first-order valence-electron chi connectivity index (χ1n) is 19.9. The van der Waals surface area contributed by atoms with Gasteiger partial charge in [0, 0.05) is 21.8 Å². The van der Waals surface area contributed by atoms with Gasteiger partial charge >= 0.3 is 0 Å². The standard InChI is InChI=1S/C53H47NO2/c1-51(2,3)33-30-37-46-40(24-16-28-43(46)56-50(37)39(31-33)52(4,5)6)54(42-26-14-22-36-35-20-12-13-23-38(35)53(7,8)49(36)42)41-25-17-29-45-48(41)47-34(21-15-27-44(47)55-45)32-18-10-9-11-19-32/h9-31H,1-8H3. The number of rotatable bonds is 4. The lowest BCUT2D eigenvalue weighted by atomic mass is 9.79. The van der Waals surface area contributed by atoms with Gasteiger partial charge in [0.15, 0.2) is 0 Å². The highest BCUT2D eigenvalue weighted by atomic mass is 16.3. The highest BCUT2D eigenvalue weighted by Gasteiger charge is 2.39. The van der Waals surface area contributed by atoms with Crippen LogP contribution in [0.15, 0.2) is 148 Å². The molecule has 56 heavy (non-hydrogen) atoms. The predicted octanol–water partition coefficient (Wildman–Crippen LogP) is 15.5. The van der Waals surface area contributed by atoms with E-state index in [0.29, 0.717) is 0 Å². The zero-order valence-electron chi connectivity index (χ0n) is 33.5. The summed E-state index contributed by atoms with van der Waals surface area (Å²) in [4.78, 5) is 2.52.